The zero-order valence-corrected chi connectivity index (χ0v) is 37.3. The molecule has 0 unspecified atom stereocenters. The van der Waals surface area contributed by atoms with Gasteiger partial charge in [0.15, 0.2) is 23.0 Å². The lowest BCUT2D eigenvalue weighted by Gasteiger charge is -2.24. The maximum absolute atomic E-state index is 14.3. The van der Waals surface area contributed by atoms with Crippen LogP contribution < -0.4 is 39.1 Å². The summed E-state index contributed by atoms with van der Waals surface area (Å²) >= 11 is 0. The van der Waals surface area contributed by atoms with Gasteiger partial charge in [0.2, 0.25) is 0 Å². The van der Waals surface area contributed by atoms with Crippen LogP contribution >= 0.6 is 0 Å². The second kappa shape index (κ2) is 17.4. The molecular weight excluding hydrogens is 757 g/mol. The van der Waals surface area contributed by atoms with Gasteiger partial charge in [0.1, 0.15) is 11.5 Å². The van der Waals surface area contributed by atoms with E-state index < -0.39 is 0 Å². The van der Waals surface area contributed by atoms with Crippen molar-refractivity contribution in [2.24, 2.45) is 0 Å². The number of carbonyl (C=O) groups excluding carboxylic acids is 2. The van der Waals surface area contributed by atoms with Crippen molar-refractivity contribution in [3.8, 4) is 45.6 Å². The van der Waals surface area contributed by atoms with Crippen LogP contribution in [-0.2, 0) is 13.1 Å². The van der Waals surface area contributed by atoms with E-state index in [-0.39, 0.29) is 11.8 Å². The van der Waals surface area contributed by atoms with Crippen LogP contribution in [0.3, 0.4) is 0 Å². The molecule has 0 aliphatic rings. The van der Waals surface area contributed by atoms with Crippen LogP contribution in [0.2, 0.25) is 0 Å². The standard InChI is InChI=1S/C50H56N2O8/c1-25-15-27(3)37(28(4)16-25)23-51-49(53)43-33-19-31(7)41(45(57-11)35(33)21-39(55-9)47(43)59-13)42-32(8)20-34-36(46(42)58-12)22-40(56-10)48(60-14)44(34)50(54)52-24-38-29(5)17-26(2)18-30(38)6/h15-22H,23-24H2,1-14H3,(H,51,53)(H,52,54). The Bertz CT molecular complexity index is 2470. The van der Waals surface area contributed by atoms with Gasteiger partial charge in [0.25, 0.3) is 11.8 Å². The molecule has 6 rings (SSSR count). The third-order valence-corrected chi connectivity index (χ3v) is 11.5. The summed E-state index contributed by atoms with van der Waals surface area (Å²) in [5, 5.41) is 8.84. The van der Waals surface area contributed by atoms with Crippen LogP contribution in [0.25, 0.3) is 32.7 Å². The zero-order chi connectivity index (χ0) is 43.7. The Labute approximate surface area is 353 Å². The highest BCUT2D eigenvalue weighted by molar-refractivity contribution is 6.16. The number of carbonyl (C=O) groups is 2. The van der Waals surface area contributed by atoms with Gasteiger partial charge in [-0.05, 0) is 124 Å². The molecule has 2 N–H and O–H groups in total. The number of methoxy groups -OCH3 is 6. The Morgan fingerprint density at radius 2 is 0.717 bits per heavy atom. The molecule has 0 spiro atoms. The Morgan fingerprint density at radius 3 is 1.00 bits per heavy atom. The first-order valence-corrected chi connectivity index (χ1v) is 19.9. The molecule has 0 saturated carbocycles. The summed E-state index contributed by atoms with van der Waals surface area (Å²) in [6, 6.07) is 16.1. The maximum Gasteiger partial charge on any atom is 0.256 e. The SMILES string of the molecule is COc1cc2c(OC)c(-c3c(C)cc4c(C(=O)NCc5c(C)cc(C)cc5C)c(OC)c(OC)cc4c3OC)c(C)cc2c(C(=O)NCc2c(C)cc(C)cc2C)c1OC. The fourth-order valence-electron chi connectivity index (χ4n) is 8.89. The number of benzene rings is 6. The van der Waals surface area contributed by atoms with E-state index in [1.807, 2.05) is 38.1 Å². The van der Waals surface area contributed by atoms with E-state index >= 15 is 0 Å². The number of aryl methyl sites for hydroxylation is 8. The van der Waals surface area contributed by atoms with Gasteiger partial charge in [0.05, 0.1) is 53.8 Å². The third-order valence-electron chi connectivity index (χ3n) is 11.5. The van der Waals surface area contributed by atoms with Crippen molar-refractivity contribution in [1.82, 2.24) is 10.6 Å². The molecule has 0 bridgehead atoms. The molecule has 314 valence electrons. The molecule has 0 saturated heterocycles. The van der Waals surface area contributed by atoms with E-state index in [0.29, 0.717) is 80.3 Å². The van der Waals surface area contributed by atoms with Gasteiger partial charge in [-0.25, -0.2) is 0 Å². The van der Waals surface area contributed by atoms with Gasteiger partial charge in [-0.1, -0.05) is 35.4 Å². The summed E-state index contributed by atoms with van der Waals surface area (Å²) in [4.78, 5) is 28.7. The minimum Gasteiger partial charge on any atom is -0.495 e. The fraction of sp³-hybridized carbons (Fsp3) is 0.320. The van der Waals surface area contributed by atoms with Crippen LogP contribution in [0.1, 0.15) is 76.4 Å². The predicted molar refractivity (Wildman–Crippen MR) is 239 cm³/mol. The monoisotopic (exact) mass is 812 g/mol. The average Bonchev–Trinajstić information content (AvgIpc) is 3.20. The van der Waals surface area contributed by atoms with Crippen molar-refractivity contribution < 1.29 is 38.0 Å². The van der Waals surface area contributed by atoms with E-state index in [2.05, 4.69) is 76.4 Å². The first-order chi connectivity index (χ1) is 28.6. The molecule has 2 amide bonds. The average molecular weight is 813 g/mol. The van der Waals surface area contributed by atoms with E-state index in [4.69, 9.17) is 28.4 Å². The Morgan fingerprint density at radius 1 is 0.400 bits per heavy atom. The Hall–Kier alpha value is -6.42. The first kappa shape index (κ1) is 43.2. The summed E-state index contributed by atoms with van der Waals surface area (Å²) in [5.41, 5.74) is 12.6. The summed E-state index contributed by atoms with van der Waals surface area (Å²) < 4.78 is 36.0. The number of fused-ring (bicyclic) bond motifs is 2. The Balaban J connectivity index is 1.56. The van der Waals surface area contributed by atoms with Gasteiger partial charge in [-0.2, -0.15) is 0 Å². The number of rotatable bonds is 13. The lowest BCUT2D eigenvalue weighted by Crippen LogP contribution is -2.25. The molecule has 0 aliphatic heterocycles. The minimum absolute atomic E-state index is 0.313. The highest BCUT2D eigenvalue weighted by Gasteiger charge is 2.30. The molecule has 0 aliphatic carbocycles. The smallest absolute Gasteiger partial charge is 0.256 e. The highest BCUT2D eigenvalue weighted by atomic mass is 16.5. The fourth-order valence-corrected chi connectivity index (χ4v) is 8.89. The largest absolute Gasteiger partial charge is 0.495 e. The van der Waals surface area contributed by atoms with E-state index in [9.17, 15) is 9.59 Å². The molecule has 10 heteroatoms. The molecule has 6 aromatic rings. The van der Waals surface area contributed by atoms with Crippen molar-refractivity contribution in [1.29, 1.82) is 0 Å². The lowest BCUT2D eigenvalue weighted by molar-refractivity contribution is 0.0940. The van der Waals surface area contributed by atoms with Crippen LogP contribution in [0, 0.1) is 55.4 Å². The van der Waals surface area contributed by atoms with E-state index in [1.165, 1.54) is 25.3 Å². The second-order valence-corrected chi connectivity index (χ2v) is 15.5. The molecule has 0 atom stereocenters. The van der Waals surface area contributed by atoms with Gasteiger partial charge < -0.3 is 39.1 Å². The van der Waals surface area contributed by atoms with E-state index in [1.54, 1.807) is 28.4 Å². The zero-order valence-electron chi connectivity index (χ0n) is 37.3. The topological polar surface area (TPSA) is 114 Å². The predicted octanol–water partition coefficient (Wildman–Crippen LogP) is 10.0. The summed E-state index contributed by atoms with van der Waals surface area (Å²) in [5.74, 6) is 1.75. The molecule has 0 heterocycles. The molecule has 60 heavy (non-hydrogen) atoms. The number of hydrogen-bond donors (Lipinski definition) is 2. The number of hydrogen-bond acceptors (Lipinski definition) is 8. The van der Waals surface area contributed by atoms with Crippen molar-refractivity contribution in [2.45, 2.75) is 68.5 Å². The van der Waals surface area contributed by atoms with Gasteiger partial charge in [0, 0.05) is 45.8 Å². The lowest BCUT2D eigenvalue weighted by atomic mass is 9.87. The number of ether oxygens (including phenoxy) is 6. The number of amides is 2. The quantitative estimate of drug-likeness (QED) is 0.119. The van der Waals surface area contributed by atoms with E-state index in [0.717, 1.165) is 55.6 Å². The summed E-state index contributed by atoms with van der Waals surface area (Å²) in [6.45, 7) is 17.0. The Kier molecular flexibility index (Phi) is 12.5. The maximum atomic E-state index is 14.3. The van der Waals surface area contributed by atoms with Crippen LogP contribution in [0.4, 0.5) is 0 Å². The van der Waals surface area contributed by atoms with Crippen molar-refractivity contribution >= 4 is 33.4 Å². The van der Waals surface area contributed by atoms with Crippen molar-refractivity contribution in [2.75, 3.05) is 42.7 Å². The van der Waals surface area contributed by atoms with Crippen LogP contribution in [-0.4, -0.2) is 54.5 Å². The molecule has 10 nitrogen and oxygen atoms in total. The molecule has 0 aromatic heterocycles. The molecule has 0 radical (unpaired) electrons. The first-order valence-electron chi connectivity index (χ1n) is 19.9. The minimum atomic E-state index is -0.316. The van der Waals surface area contributed by atoms with Crippen molar-refractivity contribution in [3.05, 3.63) is 115 Å². The second-order valence-electron chi connectivity index (χ2n) is 15.5. The van der Waals surface area contributed by atoms with Gasteiger partial charge in [-0.3, -0.25) is 9.59 Å². The normalized spacial score (nSPS) is 11.1. The summed E-state index contributed by atoms with van der Waals surface area (Å²) in [6.07, 6.45) is 0. The molecular formula is C50H56N2O8. The molecule has 6 aromatic carbocycles. The van der Waals surface area contributed by atoms with Gasteiger partial charge in [-0.15, -0.1) is 0 Å². The third kappa shape index (κ3) is 7.62. The van der Waals surface area contributed by atoms with Gasteiger partial charge >= 0.3 is 0 Å². The van der Waals surface area contributed by atoms with Crippen LogP contribution in [0.5, 0.6) is 34.5 Å². The molecule has 0 fully saturated rings. The number of nitrogens with one attached hydrogen (secondary N) is 2. The van der Waals surface area contributed by atoms with Crippen LogP contribution in [0.15, 0.2) is 48.5 Å². The van der Waals surface area contributed by atoms with Crippen molar-refractivity contribution in [3.63, 3.8) is 0 Å². The highest BCUT2D eigenvalue weighted by Crippen LogP contribution is 2.52. The summed E-state index contributed by atoms with van der Waals surface area (Å²) in [7, 11) is 9.35.